The van der Waals surface area contributed by atoms with Crippen LogP contribution in [0.4, 0.5) is 0 Å². The fraction of sp³-hybridized carbons (Fsp3) is 0.864. The van der Waals surface area contributed by atoms with Crippen molar-refractivity contribution < 1.29 is 19.1 Å². The van der Waals surface area contributed by atoms with Gasteiger partial charge in [-0.2, -0.15) is 0 Å². The Morgan fingerprint density at radius 1 is 0.929 bits per heavy atom. The van der Waals surface area contributed by atoms with E-state index in [1.165, 1.54) is 0 Å². The standard InChI is InChI=1S/C22H40N2O4/c1-4-5-15-28-16-7-14-23-20(25)8-6-9-21(26)24-19-12-10-18(11-13-19)22(27)17(2)3/h17-19H,4-16H2,1-3H3,(H,23,25)(H,24,26). The maximum absolute atomic E-state index is 12.1. The van der Waals surface area contributed by atoms with Crippen molar-refractivity contribution in [2.24, 2.45) is 11.8 Å². The highest BCUT2D eigenvalue weighted by Gasteiger charge is 2.28. The van der Waals surface area contributed by atoms with Crippen LogP contribution in [0.3, 0.4) is 0 Å². The van der Waals surface area contributed by atoms with E-state index in [1.54, 1.807) is 0 Å². The molecule has 0 aromatic carbocycles. The molecule has 0 heterocycles. The van der Waals surface area contributed by atoms with Gasteiger partial charge in [-0.3, -0.25) is 14.4 Å². The maximum Gasteiger partial charge on any atom is 0.220 e. The van der Waals surface area contributed by atoms with Crippen molar-refractivity contribution >= 4 is 17.6 Å². The molecule has 2 N–H and O–H groups in total. The quantitative estimate of drug-likeness (QED) is 0.441. The molecule has 0 atom stereocenters. The summed E-state index contributed by atoms with van der Waals surface area (Å²) in [4.78, 5) is 35.9. The molecule has 0 bridgehead atoms. The zero-order valence-corrected chi connectivity index (χ0v) is 18.1. The van der Waals surface area contributed by atoms with E-state index in [0.717, 1.165) is 51.6 Å². The molecule has 1 aliphatic carbocycles. The van der Waals surface area contributed by atoms with Crippen molar-refractivity contribution in [1.29, 1.82) is 0 Å². The number of rotatable bonds is 14. The molecule has 6 nitrogen and oxygen atoms in total. The molecule has 1 saturated carbocycles. The van der Waals surface area contributed by atoms with Gasteiger partial charge in [0.05, 0.1) is 0 Å². The third-order valence-corrected chi connectivity index (χ3v) is 5.30. The van der Waals surface area contributed by atoms with Crippen LogP contribution in [0.15, 0.2) is 0 Å². The highest BCUT2D eigenvalue weighted by Crippen LogP contribution is 2.27. The molecule has 1 fully saturated rings. The van der Waals surface area contributed by atoms with Gasteiger partial charge in [0.2, 0.25) is 11.8 Å². The Bertz CT molecular complexity index is 471. The SMILES string of the molecule is CCCCOCCCNC(=O)CCCC(=O)NC1CCC(C(=O)C(C)C)CC1. The van der Waals surface area contributed by atoms with E-state index in [-0.39, 0.29) is 29.7 Å². The van der Waals surface area contributed by atoms with Crippen molar-refractivity contribution in [2.75, 3.05) is 19.8 Å². The lowest BCUT2D eigenvalue weighted by Crippen LogP contribution is -2.39. The number of unbranched alkanes of at least 4 members (excludes halogenated alkanes) is 1. The Balaban J connectivity index is 2.03. The van der Waals surface area contributed by atoms with Crippen LogP contribution in [0.2, 0.25) is 0 Å². The van der Waals surface area contributed by atoms with Crippen molar-refractivity contribution in [3.05, 3.63) is 0 Å². The minimum Gasteiger partial charge on any atom is -0.381 e. The molecule has 0 aromatic heterocycles. The topological polar surface area (TPSA) is 84.5 Å². The summed E-state index contributed by atoms with van der Waals surface area (Å²) in [5.41, 5.74) is 0. The second-order valence-corrected chi connectivity index (χ2v) is 8.20. The number of nitrogens with one attached hydrogen (secondary N) is 2. The fourth-order valence-electron chi connectivity index (χ4n) is 3.54. The maximum atomic E-state index is 12.1. The molecule has 2 amide bonds. The smallest absolute Gasteiger partial charge is 0.220 e. The monoisotopic (exact) mass is 396 g/mol. The van der Waals surface area contributed by atoms with Crippen LogP contribution in [-0.2, 0) is 19.1 Å². The fourth-order valence-corrected chi connectivity index (χ4v) is 3.54. The van der Waals surface area contributed by atoms with Crippen molar-refractivity contribution in [2.45, 2.75) is 91.0 Å². The Labute approximate surface area is 170 Å². The van der Waals surface area contributed by atoms with Crippen LogP contribution in [0.25, 0.3) is 0 Å². The van der Waals surface area contributed by atoms with Gasteiger partial charge in [-0.05, 0) is 44.9 Å². The Kier molecular flexibility index (Phi) is 12.8. The van der Waals surface area contributed by atoms with E-state index in [9.17, 15) is 14.4 Å². The Morgan fingerprint density at radius 3 is 2.21 bits per heavy atom. The molecule has 0 radical (unpaired) electrons. The van der Waals surface area contributed by atoms with Crippen LogP contribution in [0.5, 0.6) is 0 Å². The number of hydrogen-bond acceptors (Lipinski definition) is 4. The first-order valence-electron chi connectivity index (χ1n) is 11.1. The van der Waals surface area contributed by atoms with E-state index in [4.69, 9.17) is 4.74 Å². The van der Waals surface area contributed by atoms with Crippen LogP contribution in [0, 0.1) is 11.8 Å². The van der Waals surface area contributed by atoms with Gasteiger partial charge in [0, 0.05) is 50.5 Å². The Hall–Kier alpha value is -1.43. The summed E-state index contributed by atoms with van der Waals surface area (Å²) in [6, 6.07) is 0.172. The predicted molar refractivity (Wildman–Crippen MR) is 111 cm³/mol. The molecule has 0 aromatic rings. The lowest BCUT2D eigenvalue weighted by molar-refractivity contribution is -0.127. The van der Waals surface area contributed by atoms with E-state index < -0.39 is 0 Å². The number of amides is 2. The summed E-state index contributed by atoms with van der Waals surface area (Å²) in [7, 11) is 0. The average molecular weight is 397 g/mol. The lowest BCUT2D eigenvalue weighted by Gasteiger charge is -2.29. The normalized spacial score (nSPS) is 19.4. The number of ketones is 1. The molecule has 0 unspecified atom stereocenters. The molecule has 28 heavy (non-hydrogen) atoms. The van der Waals surface area contributed by atoms with E-state index >= 15 is 0 Å². The third-order valence-electron chi connectivity index (χ3n) is 5.30. The zero-order valence-electron chi connectivity index (χ0n) is 18.1. The minimum atomic E-state index is -0.00550. The van der Waals surface area contributed by atoms with Gasteiger partial charge in [-0.25, -0.2) is 0 Å². The molecule has 0 saturated heterocycles. The van der Waals surface area contributed by atoms with Crippen LogP contribution < -0.4 is 10.6 Å². The predicted octanol–water partition coefficient (Wildman–Crippen LogP) is 3.38. The highest BCUT2D eigenvalue weighted by atomic mass is 16.5. The summed E-state index contributed by atoms with van der Waals surface area (Å²) in [5, 5.41) is 5.93. The number of ether oxygens (including phenoxy) is 1. The Morgan fingerprint density at radius 2 is 1.57 bits per heavy atom. The van der Waals surface area contributed by atoms with E-state index in [0.29, 0.717) is 38.2 Å². The summed E-state index contributed by atoms with van der Waals surface area (Å²) in [5.74, 6) is 0.609. The van der Waals surface area contributed by atoms with Crippen LogP contribution in [-0.4, -0.2) is 43.4 Å². The second kappa shape index (κ2) is 14.6. The second-order valence-electron chi connectivity index (χ2n) is 8.20. The molecular formula is C22H40N2O4. The zero-order chi connectivity index (χ0) is 20.8. The van der Waals surface area contributed by atoms with Gasteiger partial charge in [-0.1, -0.05) is 27.2 Å². The van der Waals surface area contributed by atoms with Gasteiger partial charge < -0.3 is 15.4 Å². The van der Waals surface area contributed by atoms with Gasteiger partial charge in [0.1, 0.15) is 5.78 Å². The third kappa shape index (κ3) is 10.8. The van der Waals surface area contributed by atoms with E-state index in [1.807, 2.05) is 13.8 Å². The summed E-state index contributed by atoms with van der Waals surface area (Å²) in [6.07, 6.45) is 7.81. The summed E-state index contributed by atoms with van der Waals surface area (Å²) < 4.78 is 5.45. The van der Waals surface area contributed by atoms with Gasteiger partial charge >= 0.3 is 0 Å². The van der Waals surface area contributed by atoms with Crippen LogP contribution >= 0.6 is 0 Å². The van der Waals surface area contributed by atoms with E-state index in [2.05, 4.69) is 17.6 Å². The molecule has 1 aliphatic rings. The first-order valence-corrected chi connectivity index (χ1v) is 11.1. The molecule has 0 aliphatic heterocycles. The summed E-state index contributed by atoms with van der Waals surface area (Å²) >= 11 is 0. The van der Waals surface area contributed by atoms with Crippen LogP contribution in [0.1, 0.15) is 85.0 Å². The number of carbonyl (C=O) groups excluding carboxylic acids is 3. The van der Waals surface area contributed by atoms with Gasteiger partial charge in [0.25, 0.3) is 0 Å². The lowest BCUT2D eigenvalue weighted by atomic mass is 9.80. The van der Waals surface area contributed by atoms with Gasteiger partial charge in [0.15, 0.2) is 0 Å². The van der Waals surface area contributed by atoms with Crippen molar-refractivity contribution in [3.63, 3.8) is 0 Å². The average Bonchev–Trinajstić information content (AvgIpc) is 2.67. The number of carbonyl (C=O) groups is 3. The summed E-state index contributed by atoms with van der Waals surface area (Å²) in [6.45, 7) is 8.12. The molecule has 1 rings (SSSR count). The largest absolute Gasteiger partial charge is 0.381 e. The van der Waals surface area contributed by atoms with Crippen molar-refractivity contribution in [1.82, 2.24) is 10.6 Å². The van der Waals surface area contributed by atoms with Crippen molar-refractivity contribution in [3.8, 4) is 0 Å². The first-order chi connectivity index (χ1) is 13.4. The molecule has 0 spiro atoms. The molecule has 6 heteroatoms. The molecule has 162 valence electrons. The minimum absolute atomic E-state index is 0.00550. The molecular weight excluding hydrogens is 356 g/mol. The number of Topliss-reactive ketones (excluding diaryl/α,β-unsaturated/α-hetero) is 1. The van der Waals surface area contributed by atoms with Gasteiger partial charge in [-0.15, -0.1) is 0 Å². The number of hydrogen-bond donors (Lipinski definition) is 2. The highest BCUT2D eigenvalue weighted by molar-refractivity contribution is 5.83. The first kappa shape index (κ1) is 24.6.